The maximum atomic E-state index is 12.7. The van der Waals surface area contributed by atoms with E-state index >= 15 is 0 Å². The van der Waals surface area contributed by atoms with E-state index in [2.05, 4.69) is 17.7 Å². The molecule has 0 heterocycles. The Kier molecular flexibility index (Phi) is 7.28. The second-order valence-corrected chi connectivity index (χ2v) is 9.52. The number of halogens is 1. The quantitative estimate of drug-likeness (QED) is 0.524. The molecule has 0 bridgehead atoms. The van der Waals surface area contributed by atoms with E-state index in [0.29, 0.717) is 10.6 Å². The normalized spacial score (nSPS) is 13.4. The molecule has 3 aromatic rings. The molecule has 154 valence electrons. The average molecular weight is 439 g/mol. The van der Waals surface area contributed by atoms with Gasteiger partial charge in [-0.2, -0.15) is 5.26 Å². The molecule has 0 aliphatic rings. The Morgan fingerprint density at radius 2 is 1.67 bits per heavy atom. The molecule has 0 saturated carbocycles. The minimum atomic E-state index is -3.51. The van der Waals surface area contributed by atoms with Gasteiger partial charge in [0.15, 0.2) is 0 Å². The van der Waals surface area contributed by atoms with Gasteiger partial charge in [0.25, 0.3) is 0 Å². The zero-order valence-corrected chi connectivity index (χ0v) is 18.2. The monoisotopic (exact) mass is 438 g/mol. The highest BCUT2D eigenvalue weighted by atomic mass is 35.5. The molecule has 0 aromatic heterocycles. The number of nitrogens with zero attached hydrogens (tertiary/aromatic N) is 1. The summed E-state index contributed by atoms with van der Waals surface area (Å²) in [6, 6.07) is 26.1. The first kappa shape index (κ1) is 22.0. The SMILES string of the molecule is CC(c1ccc(Cl)cc1)C(CNS(=O)(=O)Cc1ccccc1)c1cccc(C#N)c1. The number of hydrogen-bond donors (Lipinski definition) is 1. The fourth-order valence-electron chi connectivity index (χ4n) is 3.48. The summed E-state index contributed by atoms with van der Waals surface area (Å²) in [5.41, 5.74) is 3.25. The van der Waals surface area contributed by atoms with Crippen LogP contribution in [0.4, 0.5) is 0 Å². The highest BCUT2D eigenvalue weighted by Gasteiger charge is 2.24. The number of sulfonamides is 1. The van der Waals surface area contributed by atoms with Crippen molar-refractivity contribution in [3.63, 3.8) is 0 Å². The van der Waals surface area contributed by atoms with Crippen molar-refractivity contribution in [2.24, 2.45) is 0 Å². The lowest BCUT2D eigenvalue weighted by Gasteiger charge is -2.25. The highest BCUT2D eigenvalue weighted by Crippen LogP contribution is 2.33. The molecular weight excluding hydrogens is 416 g/mol. The van der Waals surface area contributed by atoms with E-state index in [9.17, 15) is 13.7 Å². The molecule has 0 radical (unpaired) electrons. The molecule has 0 fully saturated rings. The van der Waals surface area contributed by atoms with Crippen LogP contribution in [0, 0.1) is 11.3 Å². The van der Waals surface area contributed by atoms with Gasteiger partial charge in [-0.1, -0.05) is 73.1 Å². The fourth-order valence-corrected chi connectivity index (χ4v) is 4.78. The Bertz CT molecular complexity index is 1120. The lowest BCUT2D eigenvalue weighted by Crippen LogP contribution is -2.31. The smallest absolute Gasteiger partial charge is 0.214 e. The van der Waals surface area contributed by atoms with Gasteiger partial charge in [0.1, 0.15) is 0 Å². The summed E-state index contributed by atoms with van der Waals surface area (Å²) in [6.45, 7) is 2.28. The second-order valence-electron chi connectivity index (χ2n) is 7.28. The average Bonchev–Trinajstić information content (AvgIpc) is 2.74. The number of nitriles is 1. The van der Waals surface area contributed by atoms with Crippen molar-refractivity contribution in [1.82, 2.24) is 4.72 Å². The highest BCUT2D eigenvalue weighted by molar-refractivity contribution is 7.88. The lowest BCUT2D eigenvalue weighted by atomic mass is 9.82. The predicted octanol–water partition coefficient (Wildman–Crippen LogP) is 5.22. The van der Waals surface area contributed by atoms with Crippen LogP contribution in [-0.4, -0.2) is 15.0 Å². The molecule has 6 heteroatoms. The van der Waals surface area contributed by atoms with Gasteiger partial charge in [0.05, 0.1) is 17.4 Å². The van der Waals surface area contributed by atoms with Crippen molar-refractivity contribution in [3.8, 4) is 6.07 Å². The Morgan fingerprint density at radius 3 is 2.33 bits per heavy atom. The van der Waals surface area contributed by atoms with Crippen LogP contribution in [0.25, 0.3) is 0 Å². The van der Waals surface area contributed by atoms with E-state index < -0.39 is 10.0 Å². The van der Waals surface area contributed by atoms with Crippen LogP contribution in [0.15, 0.2) is 78.9 Å². The van der Waals surface area contributed by atoms with Gasteiger partial charge in [-0.3, -0.25) is 0 Å². The third-order valence-electron chi connectivity index (χ3n) is 5.17. The van der Waals surface area contributed by atoms with Crippen molar-refractivity contribution < 1.29 is 8.42 Å². The largest absolute Gasteiger partial charge is 0.215 e. The predicted molar refractivity (Wildman–Crippen MR) is 121 cm³/mol. The standard InChI is InChI=1S/C24H23ClN2O2S/c1-18(21-10-12-23(25)13-11-21)24(22-9-5-8-20(14-22)15-26)16-27-30(28,29)17-19-6-3-2-4-7-19/h2-14,18,24,27H,16-17H2,1H3. The van der Waals surface area contributed by atoms with E-state index in [0.717, 1.165) is 16.7 Å². The number of benzene rings is 3. The van der Waals surface area contributed by atoms with Crippen LogP contribution in [0.5, 0.6) is 0 Å². The Balaban J connectivity index is 1.85. The van der Waals surface area contributed by atoms with Crippen LogP contribution in [0.2, 0.25) is 5.02 Å². The molecule has 2 atom stereocenters. The first-order valence-electron chi connectivity index (χ1n) is 9.65. The van der Waals surface area contributed by atoms with Crippen molar-refractivity contribution in [1.29, 1.82) is 5.26 Å². The van der Waals surface area contributed by atoms with Crippen molar-refractivity contribution >= 4 is 21.6 Å². The van der Waals surface area contributed by atoms with Gasteiger partial charge >= 0.3 is 0 Å². The van der Waals surface area contributed by atoms with Gasteiger partial charge in [0, 0.05) is 17.5 Å². The molecule has 2 unspecified atom stereocenters. The summed E-state index contributed by atoms with van der Waals surface area (Å²) in [5.74, 6) is -0.214. The summed E-state index contributed by atoms with van der Waals surface area (Å²) in [7, 11) is -3.51. The van der Waals surface area contributed by atoms with E-state index in [1.807, 2.05) is 60.7 Å². The van der Waals surface area contributed by atoms with Crippen LogP contribution < -0.4 is 4.72 Å². The van der Waals surface area contributed by atoms with E-state index in [1.165, 1.54) is 0 Å². The van der Waals surface area contributed by atoms with Gasteiger partial charge in [-0.25, -0.2) is 13.1 Å². The summed E-state index contributed by atoms with van der Waals surface area (Å²) in [4.78, 5) is 0. The Morgan fingerprint density at radius 1 is 0.967 bits per heavy atom. The van der Waals surface area contributed by atoms with Crippen LogP contribution in [-0.2, 0) is 15.8 Å². The van der Waals surface area contributed by atoms with Gasteiger partial charge in [-0.15, -0.1) is 0 Å². The maximum absolute atomic E-state index is 12.7. The summed E-state index contributed by atoms with van der Waals surface area (Å²) < 4.78 is 28.1. The second kappa shape index (κ2) is 9.90. The molecule has 30 heavy (non-hydrogen) atoms. The third-order valence-corrected chi connectivity index (χ3v) is 6.74. The summed E-state index contributed by atoms with van der Waals surface area (Å²) >= 11 is 6.02. The molecule has 3 rings (SSSR count). The first-order valence-corrected chi connectivity index (χ1v) is 11.7. The molecule has 4 nitrogen and oxygen atoms in total. The number of nitrogens with one attached hydrogen (secondary N) is 1. The molecule has 0 amide bonds. The third kappa shape index (κ3) is 5.93. The topological polar surface area (TPSA) is 70.0 Å². The van der Waals surface area contributed by atoms with Crippen LogP contribution in [0.3, 0.4) is 0 Å². The molecule has 0 saturated heterocycles. The Hall–Kier alpha value is -2.65. The molecule has 1 N–H and O–H groups in total. The first-order chi connectivity index (χ1) is 14.4. The van der Waals surface area contributed by atoms with Crippen molar-refractivity contribution in [2.75, 3.05) is 6.54 Å². The lowest BCUT2D eigenvalue weighted by molar-refractivity contribution is 0.539. The van der Waals surface area contributed by atoms with Gasteiger partial charge < -0.3 is 0 Å². The molecule has 3 aromatic carbocycles. The zero-order valence-electron chi connectivity index (χ0n) is 16.6. The fraction of sp³-hybridized carbons (Fsp3) is 0.208. The van der Waals surface area contributed by atoms with E-state index in [4.69, 9.17) is 11.6 Å². The zero-order chi connectivity index (χ0) is 21.6. The van der Waals surface area contributed by atoms with Gasteiger partial charge in [0.2, 0.25) is 10.0 Å². The minimum absolute atomic E-state index is 0.00985. The van der Waals surface area contributed by atoms with Crippen LogP contribution in [0.1, 0.15) is 41.0 Å². The molecule has 0 spiro atoms. The van der Waals surface area contributed by atoms with Crippen LogP contribution >= 0.6 is 11.6 Å². The van der Waals surface area contributed by atoms with E-state index in [-0.39, 0.29) is 24.1 Å². The van der Waals surface area contributed by atoms with Crippen molar-refractivity contribution in [3.05, 3.63) is 106 Å². The Labute approximate surface area is 183 Å². The molecular formula is C24H23ClN2O2S. The number of hydrogen-bond acceptors (Lipinski definition) is 3. The molecule has 0 aliphatic carbocycles. The van der Waals surface area contributed by atoms with Gasteiger partial charge in [-0.05, 0) is 46.9 Å². The summed E-state index contributed by atoms with van der Waals surface area (Å²) in [6.07, 6.45) is 0. The van der Waals surface area contributed by atoms with Crippen molar-refractivity contribution in [2.45, 2.75) is 24.5 Å². The maximum Gasteiger partial charge on any atom is 0.215 e. The van der Waals surface area contributed by atoms with E-state index in [1.54, 1.807) is 18.2 Å². The summed E-state index contributed by atoms with van der Waals surface area (Å²) in [5, 5.41) is 9.93. The number of rotatable bonds is 8. The molecule has 0 aliphatic heterocycles. The minimum Gasteiger partial charge on any atom is -0.214 e.